The third kappa shape index (κ3) is 3.24. The zero-order valence-electron chi connectivity index (χ0n) is 13.4. The van der Waals surface area contributed by atoms with Crippen molar-refractivity contribution in [1.82, 2.24) is 5.32 Å². The maximum Gasteiger partial charge on any atom is 0.310 e. The fourth-order valence-electron chi connectivity index (χ4n) is 5.00. The molecule has 4 saturated carbocycles. The molecule has 4 rings (SSSR count). The highest BCUT2D eigenvalue weighted by Gasteiger charge is 2.51. The van der Waals surface area contributed by atoms with Gasteiger partial charge in [0.15, 0.2) is 6.61 Å². The highest BCUT2D eigenvalue weighted by Crippen LogP contribution is 2.56. The van der Waals surface area contributed by atoms with Crippen LogP contribution >= 0.6 is 0 Å². The number of rotatable bonds is 3. The number of amides is 1. The van der Waals surface area contributed by atoms with Crippen LogP contribution in [0.5, 0.6) is 0 Å². The first-order chi connectivity index (χ1) is 9.82. The average Bonchev–Trinajstić information content (AvgIpc) is 2.33. The van der Waals surface area contributed by atoms with Crippen LogP contribution in [0.15, 0.2) is 0 Å². The molecule has 4 fully saturated rings. The molecule has 0 unspecified atom stereocenters. The number of ether oxygens (including phenoxy) is 1. The third-order valence-corrected chi connectivity index (χ3v) is 5.36. The largest absolute Gasteiger partial charge is 0.455 e. The summed E-state index contributed by atoms with van der Waals surface area (Å²) in [4.78, 5) is 24.2. The number of nitrogens with one attached hydrogen (secondary N) is 1. The van der Waals surface area contributed by atoms with Crippen LogP contribution in [0.2, 0.25) is 0 Å². The molecule has 0 aromatic heterocycles. The molecule has 4 aliphatic rings. The molecule has 4 bridgehead atoms. The number of carbonyl (C=O) groups is 2. The molecule has 21 heavy (non-hydrogen) atoms. The molecule has 0 radical (unpaired) electrons. The smallest absolute Gasteiger partial charge is 0.310 e. The minimum absolute atomic E-state index is 0.0558. The minimum Gasteiger partial charge on any atom is -0.455 e. The third-order valence-electron chi connectivity index (χ3n) is 5.36. The number of hydrogen-bond donors (Lipinski definition) is 1. The second kappa shape index (κ2) is 5.29. The Bertz CT molecular complexity index is 410. The molecule has 118 valence electrons. The van der Waals surface area contributed by atoms with E-state index >= 15 is 0 Å². The van der Waals surface area contributed by atoms with Crippen molar-refractivity contribution in [2.24, 2.45) is 29.6 Å². The van der Waals surface area contributed by atoms with E-state index in [0.717, 1.165) is 11.8 Å². The van der Waals surface area contributed by atoms with Crippen LogP contribution in [0.3, 0.4) is 0 Å². The van der Waals surface area contributed by atoms with Gasteiger partial charge >= 0.3 is 5.97 Å². The molecule has 0 aliphatic heterocycles. The van der Waals surface area contributed by atoms with Crippen LogP contribution in [0.25, 0.3) is 0 Å². The molecule has 0 saturated heterocycles. The highest BCUT2D eigenvalue weighted by molar-refractivity contribution is 5.82. The van der Waals surface area contributed by atoms with Gasteiger partial charge in [0, 0.05) is 5.54 Å². The van der Waals surface area contributed by atoms with Gasteiger partial charge in [0.05, 0.1) is 5.92 Å². The minimum atomic E-state index is -0.286. The standard InChI is InChI=1S/C17H27NO3/c1-17(2,3)18-14(19)9-21-16(20)15-12-5-10-4-11(7-12)8-13(15)6-10/h10-13,15H,4-9H2,1-3H3,(H,18,19). The van der Waals surface area contributed by atoms with E-state index in [4.69, 9.17) is 4.74 Å². The van der Waals surface area contributed by atoms with Crippen molar-refractivity contribution >= 4 is 11.9 Å². The Hall–Kier alpha value is -1.06. The van der Waals surface area contributed by atoms with E-state index in [9.17, 15) is 9.59 Å². The Morgan fingerprint density at radius 1 is 1.00 bits per heavy atom. The lowest BCUT2D eigenvalue weighted by atomic mass is 9.52. The Balaban J connectivity index is 1.53. The van der Waals surface area contributed by atoms with Crippen LogP contribution < -0.4 is 5.32 Å². The van der Waals surface area contributed by atoms with Gasteiger partial charge in [-0.2, -0.15) is 0 Å². The van der Waals surface area contributed by atoms with Crippen LogP contribution in [0.4, 0.5) is 0 Å². The summed E-state index contributed by atoms with van der Waals surface area (Å²) in [5.41, 5.74) is -0.286. The summed E-state index contributed by atoms with van der Waals surface area (Å²) >= 11 is 0. The fourth-order valence-corrected chi connectivity index (χ4v) is 5.00. The van der Waals surface area contributed by atoms with Gasteiger partial charge < -0.3 is 10.1 Å². The molecule has 0 atom stereocenters. The quantitative estimate of drug-likeness (QED) is 0.814. The summed E-state index contributed by atoms with van der Waals surface area (Å²) in [6.07, 6.45) is 6.16. The van der Waals surface area contributed by atoms with Gasteiger partial charge in [0.2, 0.25) is 0 Å². The van der Waals surface area contributed by atoms with E-state index in [1.165, 1.54) is 32.1 Å². The van der Waals surface area contributed by atoms with Crippen molar-refractivity contribution in [1.29, 1.82) is 0 Å². The summed E-state index contributed by atoms with van der Waals surface area (Å²) < 4.78 is 5.32. The lowest BCUT2D eigenvalue weighted by Crippen LogP contribution is -2.49. The summed E-state index contributed by atoms with van der Waals surface area (Å²) in [5, 5.41) is 2.83. The lowest BCUT2D eigenvalue weighted by molar-refractivity contribution is -0.165. The van der Waals surface area contributed by atoms with Crippen molar-refractivity contribution in [3.05, 3.63) is 0 Å². The number of esters is 1. The van der Waals surface area contributed by atoms with E-state index in [-0.39, 0.29) is 29.9 Å². The molecule has 4 aliphatic carbocycles. The molecule has 4 nitrogen and oxygen atoms in total. The predicted molar refractivity (Wildman–Crippen MR) is 79.4 cm³/mol. The van der Waals surface area contributed by atoms with Gasteiger partial charge in [-0.1, -0.05) is 0 Å². The summed E-state index contributed by atoms with van der Waals surface area (Å²) in [5.74, 6) is 2.44. The molecule has 0 aromatic carbocycles. The van der Waals surface area contributed by atoms with Gasteiger partial charge in [-0.05, 0) is 76.5 Å². The maximum atomic E-state index is 12.4. The van der Waals surface area contributed by atoms with Gasteiger partial charge in [0.25, 0.3) is 5.91 Å². The van der Waals surface area contributed by atoms with E-state index in [2.05, 4.69) is 5.32 Å². The van der Waals surface area contributed by atoms with Gasteiger partial charge in [-0.25, -0.2) is 0 Å². The summed E-state index contributed by atoms with van der Waals surface area (Å²) in [6.45, 7) is 5.62. The average molecular weight is 293 g/mol. The molecular formula is C17H27NO3. The maximum absolute atomic E-state index is 12.4. The van der Waals surface area contributed by atoms with E-state index in [1.807, 2.05) is 20.8 Å². The molecule has 1 amide bonds. The fraction of sp³-hybridized carbons (Fsp3) is 0.882. The second-order valence-electron chi connectivity index (χ2n) is 8.36. The van der Waals surface area contributed by atoms with E-state index < -0.39 is 0 Å². The molecule has 0 aromatic rings. The molecular weight excluding hydrogens is 266 g/mol. The summed E-state index contributed by atoms with van der Waals surface area (Å²) in [6, 6.07) is 0. The highest BCUT2D eigenvalue weighted by atomic mass is 16.5. The van der Waals surface area contributed by atoms with Gasteiger partial charge in [0.1, 0.15) is 0 Å². The molecule has 1 N–H and O–H groups in total. The van der Waals surface area contributed by atoms with Crippen LogP contribution in [0.1, 0.15) is 52.9 Å². The monoisotopic (exact) mass is 293 g/mol. The van der Waals surface area contributed by atoms with Crippen LogP contribution in [-0.4, -0.2) is 24.0 Å². The normalized spacial score (nSPS) is 37.4. The second-order valence-corrected chi connectivity index (χ2v) is 8.36. The molecule has 0 heterocycles. The first-order valence-electron chi connectivity index (χ1n) is 8.29. The van der Waals surface area contributed by atoms with Gasteiger partial charge in [-0.3, -0.25) is 9.59 Å². The van der Waals surface area contributed by atoms with E-state index in [0.29, 0.717) is 11.8 Å². The van der Waals surface area contributed by atoms with Gasteiger partial charge in [-0.15, -0.1) is 0 Å². The topological polar surface area (TPSA) is 55.4 Å². The zero-order chi connectivity index (χ0) is 15.2. The first kappa shape index (κ1) is 14.9. The lowest BCUT2D eigenvalue weighted by Gasteiger charge is -2.53. The van der Waals surface area contributed by atoms with Crippen molar-refractivity contribution in [2.75, 3.05) is 6.61 Å². The molecule has 0 spiro atoms. The Morgan fingerprint density at radius 3 is 2.00 bits per heavy atom. The van der Waals surface area contributed by atoms with E-state index in [1.54, 1.807) is 0 Å². The molecule has 4 heteroatoms. The SMILES string of the molecule is CC(C)(C)NC(=O)COC(=O)C1C2CC3CC(C2)CC1C3. The Morgan fingerprint density at radius 2 is 1.52 bits per heavy atom. The Labute approximate surface area is 127 Å². The number of carbonyl (C=O) groups excluding carboxylic acids is 2. The van der Waals surface area contributed by atoms with Crippen LogP contribution in [-0.2, 0) is 14.3 Å². The first-order valence-corrected chi connectivity index (χ1v) is 8.29. The zero-order valence-corrected chi connectivity index (χ0v) is 13.4. The number of hydrogen-bond acceptors (Lipinski definition) is 3. The predicted octanol–water partition coefficient (Wildman–Crippen LogP) is 2.52. The van der Waals surface area contributed by atoms with Crippen molar-refractivity contribution in [3.63, 3.8) is 0 Å². The van der Waals surface area contributed by atoms with Crippen molar-refractivity contribution in [2.45, 2.75) is 58.4 Å². The van der Waals surface area contributed by atoms with Crippen molar-refractivity contribution < 1.29 is 14.3 Å². The van der Waals surface area contributed by atoms with Crippen LogP contribution in [0, 0.1) is 29.6 Å². The summed E-state index contributed by atoms with van der Waals surface area (Å²) in [7, 11) is 0. The van der Waals surface area contributed by atoms with Crippen molar-refractivity contribution in [3.8, 4) is 0 Å². The Kier molecular flexibility index (Phi) is 3.74.